The molecule has 1 aromatic heterocycles. The molecule has 132 valence electrons. The van der Waals surface area contributed by atoms with Crippen LogP contribution in [-0.4, -0.2) is 29.6 Å². The van der Waals surface area contributed by atoms with Crippen molar-refractivity contribution in [2.75, 3.05) is 17.7 Å². The van der Waals surface area contributed by atoms with E-state index in [1.807, 2.05) is 42.3 Å². The van der Waals surface area contributed by atoms with Crippen LogP contribution in [0, 0.1) is 6.92 Å². The minimum absolute atomic E-state index is 0.00167. The van der Waals surface area contributed by atoms with Crippen molar-refractivity contribution in [3.63, 3.8) is 0 Å². The second-order valence-electron chi connectivity index (χ2n) is 5.96. The molecule has 1 aliphatic rings. The average Bonchev–Trinajstić information content (AvgIpc) is 3.19. The highest BCUT2D eigenvalue weighted by atomic mass is 32.2. The molecule has 1 aromatic carbocycles. The first-order valence-corrected chi connectivity index (χ1v) is 10.3. The first-order valence-electron chi connectivity index (χ1n) is 8.23. The number of carbonyl (C=O) groups is 2. The summed E-state index contributed by atoms with van der Waals surface area (Å²) in [5, 5.41) is 2.95. The van der Waals surface area contributed by atoms with Crippen LogP contribution in [0.1, 0.15) is 29.0 Å². The van der Waals surface area contributed by atoms with E-state index in [9.17, 15) is 9.59 Å². The second-order valence-corrected chi connectivity index (χ2v) is 8.10. The van der Waals surface area contributed by atoms with Gasteiger partial charge in [0.25, 0.3) is 0 Å². The molecule has 7 heteroatoms. The standard InChI is InChI=1S/C18H21N3O2S2/c1-12-15(25-18(20-12)24-2)10-16(22)19-11-13-5-7-14(8-6-13)21-9-3-4-17(21)23/h5-8H,3-4,9-11H2,1-2H3,(H,19,22). The first-order chi connectivity index (χ1) is 12.1. The topological polar surface area (TPSA) is 62.3 Å². The van der Waals surface area contributed by atoms with Crippen molar-refractivity contribution in [2.24, 2.45) is 0 Å². The van der Waals surface area contributed by atoms with Gasteiger partial charge in [0, 0.05) is 30.1 Å². The monoisotopic (exact) mass is 375 g/mol. The van der Waals surface area contributed by atoms with E-state index >= 15 is 0 Å². The van der Waals surface area contributed by atoms with E-state index in [1.165, 1.54) is 0 Å². The number of aromatic nitrogens is 1. The summed E-state index contributed by atoms with van der Waals surface area (Å²) in [6.45, 7) is 3.22. The molecule has 2 heterocycles. The Balaban J connectivity index is 1.53. The lowest BCUT2D eigenvalue weighted by atomic mass is 10.2. The molecule has 0 spiro atoms. The summed E-state index contributed by atoms with van der Waals surface area (Å²) in [5.74, 6) is 0.184. The van der Waals surface area contributed by atoms with Gasteiger partial charge in [-0.15, -0.1) is 11.3 Å². The number of thiazole rings is 1. The highest BCUT2D eigenvalue weighted by molar-refractivity contribution is 8.00. The second kappa shape index (κ2) is 8.01. The zero-order valence-electron chi connectivity index (χ0n) is 14.4. The first kappa shape index (κ1) is 17.9. The number of anilines is 1. The Labute approximate surface area is 155 Å². The van der Waals surface area contributed by atoms with Crippen molar-refractivity contribution in [1.82, 2.24) is 10.3 Å². The van der Waals surface area contributed by atoms with Crippen LogP contribution in [-0.2, 0) is 22.6 Å². The summed E-state index contributed by atoms with van der Waals surface area (Å²) < 4.78 is 0.993. The van der Waals surface area contributed by atoms with Crippen molar-refractivity contribution in [3.8, 4) is 0 Å². The maximum atomic E-state index is 12.2. The Hall–Kier alpha value is -1.86. The molecule has 1 saturated heterocycles. The molecule has 5 nitrogen and oxygen atoms in total. The number of carbonyl (C=O) groups excluding carboxylic acids is 2. The van der Waals surface area contributed by atoms with Crippen molar-refractivity contribution in [3.05, 3.63) is 40.4 Å². The number of nitrogens with one attached hydrogen (secondary N) is 1. The number of hydrogen-bond acceptors (Lipinski definition) is 5. The highest BCUT2D eigenvalue weighted by Gasteiger charge is 2.21. The Morgan fingerprint density at radius 2 is 2.12 bits per heavy atom. The summed E-state index contributed by atoms with van der Waals surface area (Å²) in [6, 6.07) is 7.82. The molecule has 2 amide bonds. The van der Waals surface area contributed by atoms with Crippen LogP contribution in [0.4, 0.5) is 5.69 Å². The predicted octanol–water partition coefficient (Wildman–Crippen LogP) is 3.16. The largest absolute Gasteiger partial charge is 0.352 e. The molecule has 1 aliphatic heterocycles. The van der Waals surface area contributed by atoms with Gasteiger partial charge in [0.15, 0.2) is 0 Å². The van der Waals surface area contributed by atoms with E-state index < -0.39 is 0 Å². The molecule has 0 saturated carbocycles. The van der Waals surface area contributed by atoms with E-state index in [4.69, 9.17) is 0 Å². The molecule has 0 aliphatic carbocycles. The highest BCUT2D eigenvalue weighted by Crippen LogP contribution is 2.25. The third-order valence-electron chi connectivity index (χ3n) is 4.18. The van der Waals surface area contributed by atoms with Crippen LogP contribution in [0.2, 0.25) is 0 Å². The van der Waals surface area contributed by atoms with Crippen molar-refractivity contribution < 1.29 is 9.59 Å². The lowest BCUT2D eigenvalue weighted by molar-refractivity contribution is -0.120. The molecular weight excluding hydrogens is 354 g/mol. The van der Waals surface area contributed by atoms with Gasteiger partial charge in [0.2, 0.25) is 11.8 Å². The molecule has 0 atom stereocenters. The number of thioether (sulfide) groups is 1. The maximum absolute atomic E-state index is 12.2. The zero-order valence-corrected chi connectivity index (χ0v) is 16.0. The number of rotatable bonds is 6. The normalized spacial score (nSPS) is 14.2. The molecular formula is C18H21N3O2S2. The molecule has 0 unspecified atom stereocenters. The van der Waals surface area contributed by atoms with E-state index in [0.29, 0.717) is 19.4 Å². The Kier molecular flexibility index (Phi) is 5.75. The van der Waals surface area contributed by atoms with Crippen molar-refractivity contribution >= 4 is 40.6 Å². The van der Waals surface area contributed by atoms with Gasteiger partial charge in [-0.1, -0.05) is 23.9 Å². The van der Waals surface area contributed by atoms with Gasteiger partial charge in [0.05, 0.1) is 12.1 Å². The fourth-order valence-electron chi connectivity index (χ4n) is 2.78. The van der Waals surface area contributed by atoms with Gasteiger partial charge in [0.1, 0.15) is 4.34 Å². The van der Waals surface area contributed by atoms with Gasteiger partial charge in [-0.25, -0.2) is 4.98 Å². The molecule has 3 rings (SSSR count). The summed E-state index contributed by atoms with van der Waals surface area (Å²) in [4.78, 5) is 31.2. The Morgan fingerprint density at radius 3 is 2.72 bits per heavy atom. The molecule has 1 fully saturated rings. The molecule has 25 heavy (non-hydrogen) atoms. The molecule has 2 aromatic rings. The Bertz CT molecular complexity index is 771. The summed E-state index contributed by atoms with van der Waals surface area (Å²) in [5.41, 5.74) is 2.89. The molecule has 1 N–H and O–H groups in total. The van der Waals surface area contributed by atoms with Gasteiger partial charge in [-0.2, -0.15) is 0 Å². The van der Waals surface area contributed by atoms with E-state index in [2.05, 4.69) is 10.3 Å². The van der Waals surface area contributed by atoms with Crippen molar-refractivity contribution in [2.45, 2.75) is 37.1 Å². The van der Waals surface area contributed by atoms with Crippen molar-refractivity contribution in [1.29, 1.82) is 0 Å². The van der Waals surface area contributed by atoms with Gasteiger partial charge < -0.3 is 10.2 Å². The number of hydrogen-bond donors (Lipinski definition) is 1. The lowest BCUT2D eigenvalue weighted by Gasteiger charge is -2.16. The van der Waals surface area contributed by atoms with Crippen LogP contribution < -0.4 is 10.2 Å². The lowest BCUT2D eigenvalue weighted by Crippen LogP contribution is -2.25. The van der Waals surface area contributed by atoms with Crippen LogP contribution in [0.5, 0.6) is 0 Å². The molecule has 0 radical (unpaired) electrons. The predicted molar refractivity (Wildman–Crippen MR) is 102 cm³/mol. The third kappa shape index (κ3) is 4.41. The number of nitrogens with zero attached hydrogens (tertiary/aromatic N) is 2. The number of amides is 2. The summed E-state index contributed by atoms with van der Waals surface area (Å²) in [6.07, 6.45) is 3.91. The maximum Gasteiger partial charge on any atom is 0.227 e. The van der Waals surface area contributed by atoms with Gasteiger partial charge in [-0.3, -0.25) is 9.59 Å². The fourth-order valence-corrected chi connectivity index (χ4v) is 4.43. The number of benzene rings is 1. The zero-order chi connectivity index (χ0) is 17.8. The van der Waals surface area contributed by atoms with E-state index in [1.54, 1.807) is 23.1 Å². The summed E-state index contributed by atoms with van der Waals surface area (Å²) >= 11 is 3.18. The number of aryl methyl sites for hydroxylation is 1. The summed E-state index contributed by atoms with van der Waals surface area (Å²) in [7, 11) is 0. The van der Waals surface area contributed by atoms with Gasteiger partial charge >= 0.3 is 0 Å². The average molecular weight is 376 g/mol. The smallest absolute Gasteiger partial charge is 0.227 e. The fraction of sp³-hybridized carbons (Fsp3) is 0.389. The van der Waals surface area contributed by atoms with Crippen LogP contribution >= 0.6 is 23.1 Å². The van der Waals surface area contributed by atoms with Crippen LogP contribution in [0.15, 0.2) is 28.6 Å². The van der Waals surface area contributed by atoms with E-state index in [-0.39, 0.29) is 11.8 Å². The van der Waals surface area contributed by atoms with Crippen LogP contribution in [0.25, 0.3) is 0 Å². The SMILES string of the molecule is CSc1nc(C)c(CC(=O)NCc2ccc(N3CCCC3=O)cc2)s1. The quantitative estimate of drug-likeness (QED) is 0.788. The van der Waals surface area contributed by atoms with E-state index in [0.717, 1.165) is 39.1 Å². The van der Waals surface area contributed by atoms with Crippen LogP contribution in [0.3, 0.4) is 0 Å². The minimum atomic E-state index is -0.00167. The minimum Gasteiger partial charge on any atom is -0.352 e. The third-order valence-corrected chi connectivity index (χ3v) is 6.32. The Morgan fingerprint density at radius 1 is 1.36 bits per heavy atom. The van der Waals surface area contributed by atoms with Gasteiger partial charge in [-0.05, 0) is 37.3 Å². The molecule has 0 bridgehead atoms.